The number of hydrogen-bond donors (Lipinski definition) is 1. The number of nitrogens with zero attached hydrogens (tertiary/aromatic N) is 2. The number of para-hydroxylation sites is 1. The maximum absolute atomic E-state index is 13.1. The molecule has 2 aromatic heterocycles. The van der Waals surface area contributed by atoms with Crippen LogP contribution in [0.15, 0.2) is 29.1 Å². The highest BCUT2D eigenvalue weighted by Crippen LogP contribution is 2.39. The molecule has 0 bridgehead atoms. The first-order chi connectivity index (χ1) is 14.5. The Balaban J connectivity index is 2.03. The molecule has 0 aliphatic carbocycles. The van der Waals surface area contributed by atoms with Gasteiger partial charge in [-0.15, -0.1) is 11.3 Å². The van der Waals surface area contributed by atoms with E-state index in [-0.39, 0.29) is 18.1 Å². The minimum absolute atomic E-state index is 0.169. The third-order valence-corrected chi connectivity index (χ3v) is 6.05. The van der Waals surface area contributed by atoms with Crippen molar-refractivity contribution in [2.24, 2.45) is 7.05 Å². The molecule has 7 nitrogen and oxygen atoms in total. The zero-order valence-electron chi connectivity index (χ0n) is 18.0. The molecular formula is C22H29N3O4S. The van der Waals surface area contributed by atoms with E-state index in [0.717, 1.165) is 28.6 Å². The van der Waals surface area contributed by atoms with E-state index in [1.165, 1.54) is 11.3 Å². The molecule has 162 valence electrons. The van der Waals surface area contributed by atoms with E-state index in [1.807, 2.05) is 45.3 Å². The molecule has 0 radical (unpaired) electrons. The van der Waals surface area contributed by atoms with Crippen molar-refractivity contribution in [2.45, 2.75) is 13.3 Å². The van der Waals surface area contributed by atoms with Crippen molar-refractivity contribution in [1.82, 2.24) is 14.8 Å². The molecule has 0 atom stereocenters. The Morgan fingerprint density at radius 2 is 2.00 bits per heavy atom. The van der Waals surface area contributed by atoms with Gasteiger partial charge in [0.2, 0.25) is 0 Å². The van der Waals surface area contributed by atoms with Crippen molar-refractivity contribution in [3.05, 3.63) is 39.5 Å². The van der Waals surface area contributed by atoms with Crippen LogP contribution in [0, 0.1) is 0 Å². The lowest BCUT2D eigenvalue weighted by atomic mass is 10.1. The summed E-state index contributed by atoms with van der Waals surface area (Å²) < 4.78 is 13.7. The SMILES string of the molecule is CCOCCOc1c(C(=O)NCCCN(C)C)sc2c1c(=O)n(C)c1ccccc21. The summed E-state index contributed by atoms with van der Waals surface area (Å²) in [6.07, 6.45) is 0.842. The third kappa shape index (κ3) is 4.66. The number of fused-ring (bicyclic) bond motifs is 3. The molecule has 1 N–H and O–H groups in total. The van der Waals surface area contributed by atoms with Gasteiger partial charge in [0.15, 0.2) is 5.75 Å². The molecule has 0 spiro atoms. The van der Waals surface area contributed by atoms with Gasteiger partial charge in [-0.05, 0) is 40.1 Å². The molecule has 1 amide bonds. The highest BCUT2D eigenvalue weighted by Gasteiger charge is 2.24. The number of carbonyl (C=O) groups excluding carboxylic acids is 1. The van der Waals surface area contributed by atoms with Crippen LogP contribution in [0.25, 0.3) is 21.0 Å². The number of aromatic nitrogens is 1. The predicted octanol–water partition coefficient (Wildman–Crippen LogP) is 2.85. The lowest BCUT2D eigenvalue weighted by Gasteiger charge is -2.11. The Bertz CT molecular complexity index is 1090. The zero-order chi connectivity index (χ0) is 21.7. The summed E-state index contributed by atoms with van der Waals surface area (Å²) in [5.41, 5.74) is 0.660. The molecule has 3 aromatic rings. The molecule has 0 saturated carbocycles. The van der Waals surface area contributed by atoms with Crippen LogP contribution in [-0.4, -0.2) is 62.4 Å². The summed E-state index contributed by atoms with van der Waals surface area (Å²) in [6.45, 7) is 4.61. The highest BCUT2D eigenvalue weighted by molar-refractivity contribution is 7.22. The van der Waals surface area contributed by atoms with Crippen molar-refractivity contribution in [3.8, 4) is 5.75 Å². The van der Waals surface area contributed by atoms with Crippen LogP contribution in [0.4, 0.5) is 0 Å². The summed E-state index contributed by atoms with van der Waals surface area (Å²) in [5.74, 6) is 0.138. The molecule has 2 heterocycles. The topological polar surface area (TPSA) is 72.8 Å². The fraction of sp³-hybridized carbons (Fsp3) is 0.455. The van der Waals surface area contributed by atoms with Crippen molar-refractivity contribution < 1.29 is 14.3 Å². The molecule has 30 heavy (non-hydrogen) atoms. The average molecular weight is 432 g/mol. The van der Waals surface area contributed by atoms with Gasteiger partial charge in [0.25, 0.3) is 11.5 Å². The minimum atomic E-state index is -0.215. The average Bonchev–Trinajstić information content (AvgIpc) is 3.12. The van der Waals surface area contributed by atoms with E-state index in [9.17, 15) is 9.59 Å². The Labute approximate surface area is 180 Å². The summed E-state index contributed by atoms with van der Waals surface area (Å²) in [6, 6.07) is 7.71. The number of ether oxygens (including phenoxy) is 2. The second-order valence-electron chi connectivity index (χ2n) is 7.30. The fourth-order valence-electron chi connectivity index (χ4n) is 3.35. The molecule has 8 heteroatoms. The molecule has 0 unspecified atom stereocenters. The fourth-order valence-corrected chi connectivity index (χ4v) is 4.53. The molecule has 1 aromatic carbocycles. The largest absolute Gasteiger partial charge is 0.489 e. The van der Waals surface area contributed by atoms with Gasteiger partial charge in [0, 0.05) is 25.6 Å². The van der Waals surface area contributed by atoms with Crippen molar-refractivity contribution in [2.75, 3.05) is 47.0 Å². The zero-order valence-corrected chi connectivity index (χ0v) is 18.8. The Morgan fingerprint density at radius 1 is 1.23 bits per heavy atom. The Morgan fingerprint density at radius 3 is 2.73 bits per heavy atom. The molecule has 0 fully saturated rings. The predicted molar refractivity (Wildman–Crippen MR) is 122 cm³/mol. The maximum atomic E-state index is 13.1. The molecule has 0 aliphatic rings. The monoisotopic (exact) mass is 431 g/mol. The van der Waals surface area contributed by atoms with Crippen LogP contribution in [0.2, 0.25) is 0 Å². The van der Waals surface area contributed by atoms with Crippen molar-refractivity contribution in [1.29, 1.82) is 0 Å². The van der Waals surface area contributed by atoms with Crippen molar-refractivity contribution in [3.63, 3.8) is 0 Å². The second kappa shape index (κ2) is 10.1. The molecule has 0 aliphatic heterocycles. The van der Waals surface area contributed by atoms with E-state index in [4.69, 9.17) is 9.47 Å². The van der Waals surface area contributed by atoms with Gasteiger partial charge >= 0.3 is 0 Å². The number of thiophene rings is 1. The standard InChI is InChI=1S/C22H29N3O4S/c1-5-28-13-14-29-18-17-19(15-9-6-7-10-16(15)25(4)22(17)27)30-20(18)21(26)23-11-8-12-24(2)3/h6-7,9-10H,5,8,11-14H2,1-4H3,(H,23,26). The van der Waals surface area contributed by atoms with E-state index in [0.29, 0.717) is 35.8 Å². The van der Waals surface area contributed by atoms with Gasteiger partial charge in [-0.1, -0.05) is 18.2 Å². The van der Waals surface area contributed by atoms with Crippen molar-refractivity contribution >= 4 is 38.2 Å². The summed E-state index contributed by atoms with van der Waals surface area (Å²) in [4.78, 5) is 28.6. The van der Waals surface area contributed by atoms with Gasteiger partial charge in [-0.25, -0.2) is 0 Å². The van der Waals surface area contributed by atoms with Gasteiger partial charge in [0.05, 0.1) is 16.8 Å². The number of rotatable bonds is 10. The number of aryl methyl sites for hydroxylation is 1. The third-order valence-electron chi connectivity index (χ3n) is 4.85. The van der Waals surface area contributed by atoms with Gasteiger partial charge in [0.1, 0.15) is 16.9 Å². The molecule has 3 rings (SSSR count). The van der Waals surface area contributed by atoms with E-state index in [2.05, 4.69) is 10.2 Å². The van der Waals surface area contributed by atoms with Crippen LogP contribution < -0.4 is 15.6 Å². The Kier molecular flexibility index (Phi) is 7.47. The normalized spacial score (nSPS) is 11.5. The Hall–Kier alpha value is -2.42. The first-order valence-electron chi connectivity index (χ1n) is 10.1. The second-order valence-corrected chi connectivity index (χ2v) is 8.32. The lowest BCUT2D eigenvalue weighted by Crippen LogP contribution is -2.27. The summed E-state index contributed by atoms with van der Waals surface area (Å²) in [7, 11) is 5.74. The maximum Gasteiger partial charge on any atom is 0.265 e. The summed E-state index contributed by atoms with van der Waals surface area (Å²) in [5, 5.41) is 4.35. The molecule has 0 saturated heterocycles. The van der Waals surface area contributed by atoms with Crippen LogP contribution in [0.1, 0.15) is 23.0 Å². The highest BCUT2D eigenvalue weighted by atomic mass is 32.1. The lowest BCUT2D eigenvalue weighted by molar-refractivity contribution is 0.0941. The molecular weight excluding hydrogens is 402 g/mol. The number of benzene rings is 1. The first-order valence-corrected chi connectivity index (χ1v) is 10.9. The van der Waals surface area contributed by atoms with Crippen LogP contribution >= 0.6 is 11.3 Å². The number of carbonyl (C=O) groups is 1. The van der Waals surface area contributed by atoms with Gasteiger partial charge in [-0.3, -0.25) is 9.59 Å². The van der Waals surface area contributed by atoms with Crippen LogP contribution in [0.3, 0.4) is 0 Å². The van der Waals surface area contributed by atoms with E-state index < -0.39 is 0 Å². The minimum Gasteiger partial charge on any atom is -0.489 e. The number of nitrogens with one attached hydrogen (secondary N) is 1. The smallest absolute Gasteiger partial charge is 0.265 e. The van der Waals surface area contributed by atoms with Crippen LogP contribution in [-0.2, 0) is 11.8 Å². The van der Waals surface area contributed by atoms with E-state index in [1.54, 1.807) is 11.6 Å². The quantitative estimate of drug-likeness (QED) is 0.500. The van der Waals surface area contributed by atoms with Gasteiger partial charge in [-0.2, -0.15) is 0 Å². The number of amides is 1. The first kappa shape index (κ1) is 22.3. The summed E-state index contributed by atoms with van der Waals surface area (Å²) >= 11 is 1.31. The van der Waals surface area contributed by atoms with Gasteiger partial charge < -0.3 is 24.3 Å². The van der Waals surface area contributed by atoms with Crippen LogP contribution in [0.5, 0.6) is 5.75 Å². The van der Waals surface area contributed by atoms with E-state index >= 15 is 0 Å². The number of hydrogen-bond acceptors (Lipinski definition) is 6. The number of pyridine rings is 1.